The number of thiophene rings is 1. The number of fused-ring (bicyclic) bond motifs is 1. The van der Waals surface area contributed by atoms with Crippen molar-refractivity contribution in [2.24, 2.45) is 16.3 Å². The highest BCUT2D eigenvalue weighted by Gasteiger charge is 2.33. The predicted octanol–water partition coefficient (Wildman–Crippen LogP) is 6.88. The van der Waals surface area contributed by atoms with Crippen molar-refractivity contribution >= 4 is 51.1 Å². The first kappa shape index (κ1) is 25.8. The molecule has 35 heavy (non-hydrogen) atoms. The molecule has 0 radical (unpaired) electrons. The van der Waals surface area contributed by atoms with Crippen LogP contribution in [0.1, 0.15) is 66.2 Å². The van der Waals surface area contributed by atoms with Gasteiger partial charge in [-0.15, -0.1) is 11.3 Å². The SMILES string of the molecule is CCOc1cc(C=Nc2sc3c(c2C(=O)NCc2ccco2)CC[C@@H](C(C)(C)C)C3)cc(I)c1O. The van der Waals surface area contributed by atoms with E-state index in [9.17, 15) is 9.90 Å². The van der Waals surface area contributed by atoms with E-state index in [0.717, 1.165) is 30.4 Å². The van der Waals surface area contributed by atoms with Crippen molar-refractivity contribution in [1.29, 1.82) is 0 Å². The lowest BCUT2D eigenvalue weighted by Crippen LogP contribution is -2.28. The Balaban J connectivity index is 1.67. The number of phenols is 1. The van der Waals surface area contributed by atoms with Crippen LogP contribution in [-0.2, 0) is 19.4 Å². The van der Waals surface area contributed by atoms with Crippen LogP contribution >= 0.6 is 33.9 Å². The molecule has 1 atom stereocenters. The zero-order valence-electron chi connectivity index (χ0n) is 20.5. The van der Waals surface area contributed by atoms with Crippen LogP contribution in [0.25, 0.3) is 0 Å². The lowest BCUT2D eigenvalue weighted by molar-refractivity contribution is 0.0947. The maximum Gasteiger partial charge on any atom is 0.255 e. The molecule has 2 aromatic heterocycles. The molecular weight excluding hydrogens is 575 g/mol. The summed E-state index contributed by atoms with van der Waals surface area (Å²) in [7, 11) is 0. The summed E-state index contributed by atoms with van der Waals surface area (Å²) in [5.41, 5.74) is 2.80. The zero-order chi connectivity index (χ0) is 25.2. The average molecular weight is 607 g/mol. The van der Waals surface area contributed by atoms with Crippen LogP contribution in [0.4, 0.5) is 5.00 Å². The minimum absolute atomic E-state index is 0.127. The van der Waals surface area contributed by atoms with Crippen LogP contribution in [-0.4, -0.2) is 23.8 Å². The molecule has 2 heterocycles. The van der Waals surface area contributed by atoms with E-state index >= 15 is 0 Å². The number of nitrogens with one attached hydrogen (secondary N) is 1. The van der Waals surface area contributed by atoms with Crippen LogP contribution in [0.15, 0.2) is 39.9 Å². The van der Waals surface area contributed by atoms with Gasteiger partial charge < -0.3 is 19.6 Å². The molecule has 0 aliphatic heterocycles. The molecule has 0 bridgehead atoms. The summed E-state index contributed by atoms with van der Waals surface area (Å²) in [5.74, 6) is 1.70. The molecule has 1 aromatic carbocycles. The third-order valence-electron chi connectivity index (χ3n) is 6.38. The number of nitrogens with zero attached hydrogens (tertiary/aromatic N) is 1. The van der Waals surface area contributed by atoms with Crippen molar-refractivity contribution < 1.29 is 19.1 Å². The zero-order valence-corrected chi connectivity index (χ0v) is 23.5. The lowest BCUT2D eigenvalue weighted by atomic mass is 9.72. The Kier molecular flexibility index (Phi) is 7.90. The van der Waals surface area contributed by atoms with Crippen molar-refractivity contribution in [3.05, 3.63) is 61.4 Å². The van der Waals surface area contributed by atoms with Crippen LogP contribution in [0.5, 0.6) is 11.5 Å². The second-order valence-corrected chi connectivity index (χ2v) is 12.0. The summed E-state index contributed by atoms with van der Waals surface area (Å²) in [5, 5.41) is 14.0. The van der Waals surface area contributed by atoms with Crippen LogP contribution in [0.3, 0.4) is 0 Å². The Labute approximate surface area is 223 Å². The molecule has 6 nitrogen and oxygen atoms in total. The molecule has 0 saturated heterocycles. The van der Waals surface area contributed by atoms with Gasteiger partial charge in [-0.05, 0) is 95.5 Å². The second-order valence-electron chi connectivity index (χ2n) is 9.79. The van der Waals surface area contributed by atoms with E-state index in [2.05, 4.69) is 48.7 Å². The number of phenolic OH excluding ortho intramolecular Hbond substituents is 1. The summed E-state index contributed by atoms with van der Waals surface area (Å²) >= 11 is 3.69. The highest BCUT2D eigenvalue weighted by Crippen LogP contribution is 2.45. The molecule has 0 saturated carbocycles. The molecule has 1 amide bonds. The summed E-state index contributed by atoms with van der Waals surface area (Å²) < 4.78 is 11.6. The molecular formula is C27H31IN2O4S. The molecule has 4 rings (SSSR count). The number of aromatic hydroxyl groups is 1. The first-order valence-electron chi connectivity index (χ1n) is 11.8. The number of halogens is 1. The number of ether oxygens (including phenoxy) is 1. The van der Waals surface area contributed by atoms with Gasteiger partial charge in [0.15, 0.2) is 11.5 Å². The number of furan rings is 1. The Morgan fingerprint density at radius 1 is 1.40 bits per heavy atom. The number of carbonyl (C=O) groups is 1. The van der Waals surface area contributed by atoms with E-state index in [0.29, 0.717) is 44.7 Å². The highest BCUT2D eigenvalue weighted by atomic mass is 127. The number of benzene rings is 1. The van der Waals surface area contributed by atoms with Gasteiger partial charge in [-0.3, -0.25) is 4.79 Å². The fraction of sp³-hybridized carbons (Fsp3) is 0.407. The van der Waals surface area contributed by atoms with Gasteiger partial charge in [-0.1, -0.05) is 20.8 Å². The van der Waals surface area contributed by atoms with Crippen molar-refractivity contribution in [3.8, 4) is 11.5 Å². The smallest absolute Gasteiger partial charge is 0.255 e. The van der Waals surface area contributed by atoms with Crippen LogP contribution in [0, 0.1) is 14.9 Å². The van der Waals surface area contributed by atoms with E-state index in [1.54, 1.807) is 29.9 Å². The maximum absolute atomic E-state index is 13.3. The summed E-state index contributed by atoms with van der Waals surface area (Å²) in [6.45, 7) is 9.52. The molecule has 0 spiro atoms. The topological polar surface area (TPSA) is 84.1 Å². The van der Waals surface area contributed by atoms with Gasteiger partial charge in [0.2, 0.25) is 0 Å². The summed E-state index contributed by atoms with van der Waals surface area (Å²) in [6, 6.07) is 7.27. The van der Waals surface area contributed by atoms with Gasteiger partial charge in [-0.2, -0.15) is 0 Å². The standard InChI is InChI=1S/C27H31IN2O4S/c1-5-33-21-12-16(11-20(28)24(21)31)14-30-26-23(25(32)29-15-18-7-6-10-34-18)19-9-8-17(27(2,3)4)13-22(19)35-26/h6-7,10-12,14,17,31H,5,8-9,13,15H2,1-4H3,(H,29,32)/t17-/m1/s1. The molecule has 0 fully saturated rings. The summed E-state index contributed by atoms with van der Waals surface area (Å²) in [6.07, 6.45) is 6.24. The molecule has 1 aliphatic carbocycles. The van der Waals surface area contributed by atoms with Crippen molar-refractivity contribution in [1.82, 2.24) is 5.32 Å². The normalized spacial score (nSPS) is 15.9. The maximum atomic E-state index is 13.3. The number of aliphatic imine (C=N–C) groups is 1. The highest BCUT2D eigenvalue weighted by molar-refractivity contribution is 14.1. The van der Waals surface area contributed by atoms with Gasteiger partial charge in [-0.25, -0.2) is 4.99 Å². The van der Waals surface area contributed by atoms with Crippen molar-refractivity contribution in [2.45, 2.75) is 53.5 Å². The minimum Gasteiger partial charge on any atom is -0.504 e. The van der Waals surface area contributed by atoms with E-state index in [4.69, 9.17) is 14.1 Å². The van der Waals surface area contributed by atoms with Gasteiger partial charge in [0, 0.05) is 11.1 Å². The monoisotopic (exact) mass is 606 g/mol. The third-order valence-corrected chi connectivity index (χ3v) is 8.37. The van der Waals surface area contributed by atoms with E-state index < -0.39 is 0 Å². The lowest BCUT2D eigenvalue weighted by Gasteiger charge is -2.33. The van der Waals surface area contributed by atoms with Gasteiger partial charge >= 0.3 is 0 Å². The summed E-state index contributed by atoms with van der Waals surface area (Å²) in [4.78, 5) is 19.4. The first-order chi connectivity index (χ1) is 16.7. The van der Waals surface area contributed by atoms with Crippen molar-refractivity contribution in [3.63, 3.8) is 0 Å². The fourth-order valence-electron chi connectivity index (χ4n) is 4.37. The van der Waals surface area contributed by atoms with Crippen molar-refractivity contribution in [2.75, 3.05) is 6.61 Å². The Morgan fingerprint density at radius 2 is 2.20 bits per heavy atom. The minimum atomic E-state index is -0.129. The van der Waals surface area contributed by atoms with Crippen LogP contribution in [0.2, 0.25) is 0 Å². The Morgan fingerprint density at radius 3 is 2.89 bits per heavy atom. The molecule has 1 aliphatic rings. The molecule has 2 N–H and O–H groups in total. The molecule has 186 valence electrons. The van der Waals surface area contributed by atoms with Gasteiger partial charge in [0.25, 0.3) is 5.91 Å². The number of amides is 1. The fourth-order valence-corrected chi connectivity index (χ4v) is 6.27. The van der Waals surface area contributed by atoms with Gasteiger partial charge in [0.1, 0.15) is 10.8 Å². The van der Waals surface area contributed by atoms with E-state index in [1.807, 2.05) is 25.1 Å². The Hall–Kier alpha value is -2.33. The third kappa shape index (κ3) is 5.91. The van der Waals surface area contributed by atoms with Crippen LogP contribution < -0.4 is 10.1 Å². The number of carbonyl (C=O) groups excluding carboxylic acids is 1. The predicted molar refractivity (Wildman–Crippen MR) is 148 cm³/mol. The van der Waals surface area contributed by atoms with Gasteiger partial charge in [0.05, 0.1) is 28.5 Å². The molecule has 0 unspecified atom stereocenters. The molecule has 3 aromatic rings. The van der Waals surface area contributed by atoms with E-state index in [1.165, 1.54) is 4.88 Å². The second kappa shape index (κ2) is 10.7. The number of hydrogen-bond acceptors (Lipinski definition) is 6. The van der Waals surface area contributed by atoms with E-state index in [-0.39, 0.29) is 17.1 Å². The number of rotatable bonds is 7. The number of hydrogen-bond donors (Lipinski definition) is 2. The molecule has 8 heteroatoms. The Bertz CT molecular complexity index is 1230. The quantitative estimate of drug-likeness (QED) is 0.227. The average Bonchev–Trinajstić information content (AvgIpc) is 3.45. The largest absolute Gasteiger partial charge is 0.504 e. The first-order valence-corrected chi connectivity index (χ1v) is 13.7.